The quantitative estimate of drug-likeness (QED) is 0.726. The lowest BCUT2D eigenvalue weighted by atomic mass is 10.1. The number of nitrogens with zero attached hydrogens (tertiary/aromatic N) is 1. The van der Waals surface area contributed by atoms with Crippen molar-refractivity contribution >= 4 is 28.3 Å². The van der Waals surface area contributed by atoms with Gasteiger partial charge in [-0.15, -0.1) is 0 Å². The van der Waals surface area contributed by atoms with Crippen LogP contribution in [0.5, 0.6) is 0 Å². The number of benzene rings is 1. The van der Waals surface area contributed by atoms with Gasteiger partial charge < -0.3 is 5.73 Å². The maximum atomic E-state index is 13.4. The molecule has 0 spiro atoms. The smallest absolute Gasteiger partial charge is 0.150 e. The number of nitrogen functional groups attached to an aromatic ring is 1. The van der Waals surface area contributed by atoms with E-state index < -0.39 is 5.82 Å². The van der Waals surface area contributed by atoms with E-state index in [9.17, 15) is 4.39 Å². The van der Waals surface area contributed by atoms with Gasteiger partial charge in [-0.1, -0.05) is 11.6 Å². The van der Waals surface area contributed by atoms with Gasteiger partial charge in [-0.2, -0.15) is 0 Å². The topological polar surface area (TPSA) is 38.9 Å². The highest BCUT2D eigenvalue weighted by atomic mass is 35.5. The van der Waals surface area contributed by atoms with E-state index in [0.29, 0.717) is 16.2 Å². The molecule has 0 saturated carbocycles. The van der Waals surface area contributed by atoms with E-state index in [0.717, 1.165) is 5.56 Å². The minimum atomic E-state index is -0.445. The number of rotatable bonds is 0. The lowest BCUT2D eigenvalue weighted by molar-refractivity contribution is 0.637. The standard InChI is InChI=1S/C10H8ClFN2/c1-5-2-6-3-7(11)4-8(12)9(6)14-10(5)13/h2-4H,1H3,(H2,13,14). The lowest BCUT2D eigenvalue weighted by Gasteiger charge is -2.04. The predicted octanol–water partition coefficient (Wildman–Crippen LogP) is 2.92. The number of nitrogens with two attached hydrogens (primary N) is 1. The Morgan fingerprint density at radius 2 is 2.07 bits per heavy atom. The molecule has 0 aliphatic heterocycles. The molecular formula is C10H8ClFN2. The third kappa shape index (κ3) is 1.40. The zero-order valence-electron chi connectivity index (χ0n) is 7.51. The van der Waals surface area contributed by atoms with Crippen LogP contribution in [0.4, 0.5) is 10.2 Å². The number of fused-ring (bicyclic) bond motifs is 1. The van der Waals surface area contributed by atoms with Crippen LogP contribution in [0.3, 0.4) is 0 Å². The van der Waals surface area contributed by atoms with Gasteiger partial charge in [-0.3, -0.25) is 0 Å². The SMILES string of the molecule is Cc1cc2cc(Cl)cc(F)c2nc1N. The van der Waals surface area contributed by atoms with Gasteiger partial charge in [0.25, 0.3) is 0 Å². The molecule has 4 heteroatoms. The van der Waals surface area contributed by atoms with Crippen molar-refractivity contribution in [2.24, 2.45) is 0 Å². The summed E-state index contributed by atoms with van der Waals surface area (Å²) >= 11 is 5.72. The van der Waals surface area contributed by atoms with Crippen molar-refractivity contribution in [1.82, 2.24) is 4.98 Å². The molecule has 0 amide bonds. The molecule has 1 heterocycles. The van der Waals surface area contributed by atoms with Gasteiger partial charge in [0.05, 0.1) is 0 Å². The molecule has 2 N–H and O–H groups in total. The van der Waals surface area contributed by atoms with Gasteiger partial charge in [-0.25, -0.2) is 9.37 Å². The first-order valence-electron chi connectivity index (χ1n) is 4.10. The summed E-state index contributed by atoms with van der Waals surface area (Å²) in [5.74, 6) is -0.0991. The molecule has 0 bridgehead atoms. The van der Waals surface area contributed by atoms with Crippen molar-refractivity contribution in [3.05, 3.63) is 34.6 Å². The molecule has 1 aromatic heterocycles. The van der Waals surface area contributed by atoms with E-state index in [4.69, 9.17) is 17.3 Å². The Labute approximate surface area is 85.5 Å². The third-order valence-corrected chi connectivity index (χ3v) is 2.28. The fourth-order valence-electron chi connectivity index (χ4n) is 1.33. The van der Waals surface area contributed by atoms with Crippen molar-refractivity contribution < 1.29 is 4.39 Å². The van der Waals surface area contributed by atoms with Crippen LogP contribution in [0, 0.1) is 12.7 Å². The molecule has 0 unspecified atom stereocenters. The molecule has 0 aliphatic carbocycles. The first-order chi connectivity index (χ1) is 6.58. The Bertz CT molecular complexity index is 511. The maximum Gasteiger partial charge on any atom is 0.150 e. The molecule has 2 aromatic rings. The highest BCUT2D eigenvalue weighted by molar-refractivity contribution is 6.31. The number of hydrogen-bond acceptors (Lipinski definition) is 2. The molecule has 0 atom stereocenters. The summed E-state index contributed by atoms with van der Waals surface area (Å²) in [7, 11) is 0. The van der Waals surface area contributed by atoms with Crippen LogP contribution in [0.1, 0.15) is 5.56 Å². The van der Waals surface area contributed by atoms with Crippen molar-refractivity contribution in [3.8, 4) is 0 Å². The van der Waals surface area contributed by atoms with Gasteiger partial charge in [0, 0.05) is 10.4 Å². The van der Waals surface area contributed by atoms with Crippen LogP contribution in [0.2, 0.25) is 5.02 Å². The second-order valence-electron chi connectivity index (χ2n) is 3.15. The van der Waals surface area contributed by atoms with Crippen LogP contribution in [-0.4, -0.2) is 4.98 Å². The van der Waals surface area contributed by atoms with Crippen molar-refractivity contribution in [1.29, 1.82) is 0 Å². The second kappa shape index (κ2) is 3.10. The maximum absolute atomic E-state index is 13.4. The van der Waals surface area contributed by atoms with Crippen LogP contribution in [0.15, 0.2) is 18.2 Å². The number of hydrogen-bond donors (Lipinski definition) is 1. The fourth-order valence-corrected chi connectivity index (χ4v) is 1.54. The molecule has 0 radical (unpaired) electrons. The highest BCUT2D eigenvalue weighted by Gasteiger charge is 2.06. The van der Waals surface area contributed by atoms with Crippen LogP contribution in [0.25, 0.3) is 10.9 Å². The van der Waals surface area contributed by atoms with E-state index in [1.807, 2.05) is 6.92 Å². The Hall–Kier alpha value is -1.35. The zero-order chi connectivity index (χ0) is 10.3. The molecule has 2 rings (SSSR count). The van der Waals surface area contributed by atoms with Crippen molar-refractivity contribution in [2.75, 3.05) is 5.73 Å². The molecule has 14 heavy (non-hydrogen) atoms. The number of pyridine rings is 1. The first-order valence-corrected chi connectivity index (χ1v) is 4.47. The van der Waals surface area contributed by atoms with Gasteiger partial charge in [0.1, 0.15) is 11.3 Å². The van der Waals surface area contributed by atoms with E-state index >= 15 is 0 Å². The lowest BCUT2D eigenvalue weighted by Crippen LogP contribution is -1.95. The summed E-state index contributed by atoms with van der Waals surface area (Å²) in [5.41, 5.74) is 6.66. The summed E-state index contributed by atoms with van der Waals surface area (Å²) in [6, 6.07) is 4.66. The average Bonchev–Trinajstić information content (AvgIpc) is 2.08. The number of halogens is 2. The Kier molecular flexibility index (Phi) is 2.04. The van der Waals surface area contributed by atoms with Crippen LogP contribution < -0.4 is 5.73 Å². The third-order valence-electron chi connectivity index (χ3n) is 2.07. The van der Waals surface area contributed by atoms with Crippen molar-refractivity contribution in [3.63, 3.8) is 0 Å². The minimum absolute atomic E-state index is 0.262. The predicted molar refractivity (Wildman–Crippen MR) is 55.9 cm³/mol. The van der Waals surface area contributed by atoms with E-state index in [-0.39, 0.29) is 5.52 Å². The normalized spacial score (nSPS) is 10.8. The number of aromatic nitrogens is 1. The van der Waals surface area contributed by atoms with E-state index in [1.165, 1.54) is 6.07 Å². The van der Waals surface area contributed by atoms with Crippen LogP contribution in [-0.2, 0) is 0 Å². The van der Waals surface area contributed by atoms with Crippen molar-refractivity contribution in [2.45, 2.75) is 6.92 Å². The molecule has 2 nitrogen and oxygen atoms in total. The molecule has 0 saturated heterocycles. The zero-order valence-corrected chi connectivity index (χ0v) is 8.27. The summed E-state index contributed by atoms with van der Waals surface area (Å²) in [4.78, 5) is 3.96. The summed E-state index contributed by atoms with van der Waals surface area (Å²) < 4.78 is 13.4. The Balaban J connectivity index is 2.89. The van der Waals surface area contributed by atoms with Crippen LogP contribution >= 0.6 is 11.6 Å². The molecule has 0 fully saturated rings. The van der Waals surface area contributed by atoms with Gasteiger partial charge in [0.2, 0.25) is 0 Å². The summed E-state index contributed by atoms with van der Waals surface area (Å²) in [6.45, 7) is 1.82. The fraction of sp³-hybridized carbons (Fsp3) is 0.100. The van der Waals surface area contributed by atoms with E-state index in [2.05, 4.69) is 4.98 Å². The molecular weight excluding hydrogens is 203 g/mol. The second-order valence-corrected chi connectivity index (χ2v) is 3.59. The van der Waals surface area contributed by atoms with Gasteiger partial charge in [-0.05, 0) is 30.7 Å². The summed E-state index contributed by atoms with van der Waals surface area (Å²) in [6.07, 6.45) is 0. The number of aryl methyl sites for hydroxylation is 1. The molecule has 0 aliphatic rings. The summed E-state index contributed by atoms with van der Waals surface area (Å²) in [5, 5.41) is 1.03. The minimum Gasteiger partial charge on any atom is -0.383 e. The Morgan fingerprint density at radius 1 is 1.36 bits per heavy atom. The highest BCUT2D eigenvalue weighted by Crippen LogP contribution is 2.24. The van der Waals surface area contributed by atoms with Gasteiger partial charge in [0.15, 0.2) is 5.82 Å². The van der Waals surface area contributed by atoms with E-state index in [1.54, 1.807) is 12.1 Å². The largest absolute Gasteiger partial charge is 0.383 e. The Morgan fingerprint density at radius 3 is 2.79 bits per heavy atom. The number of anilines is 1. The molecule has 72 valence electrons. The molecule has 1 aromatic carbocycles. The first kappa shape index (κ1) is 9.21. The monoisotopic (exact) mass is 210 g/mol. The average molecular weight is 211 g/mol. The van der Waals surface area contributed by atoms with Gasteiger partial charge >= 0.3 is 0 Å².